The third-order valence-electron chi connectivity index (χ3n) is 3.11. The molecule has 0 amide bonds. The molecule has 1 aliphatic carbocycles. The summed E-state index contributed by atoms with van der Waals surface area (Å²) in [5, 5.41) is 12.6. The van der Waals surface area contributed by atoms with Crippen molar-refractivity contribution in [3.63, 3.8) is 0 Å². The first kappa shape index (κ1) is 11.5. The first-order valence-corrected chi connectivity index (χ1v) is 5.85. The molecule has 1 N–H and O–H groups in total. The summed E-state index contributed by atoms with van der Waals surface area (Å²) in [6, 6.07) is 2.48. The first-order valence-electron chi connectivity index (χ1n) is 5.85. The van der Waals surface area contributed by atoms with E-state index >= 15 is 0 Å². The lowest BCUT2D eigenvalue weighted by atomic mass is 9.83. The molecule has 1 saturated carbocycles. The van der Waals surface area contributed by atoms with Gasteiger partial charge in [-0.3, -0.25) is 5.32 Å². The molecule has 2 nitrogen and oxygen atoms in total. The second-order valence-corrected chi connectivity index (χ2v) is 4.86. The van der Waals surface area contributed by atoms with E-state index in [9.17, 15) is 5.26 Å². The zero-order valence-electron chi connectivity index (χ0n) is 9.47. The fourth-order valence-corrected chi connectivity index (χ4v) is 2.08. The summed E-state index contributed by atoms with van der Waals surface area (Å²) >= 11 is 0. The van der Waals surface area contributed by atoms with Gasteiger partial charge < -0.3 is 0 Å². The van der Waals surface area contributed by atoms with Crippen LogP contribution in [-0.2, 0) is 0 Å². The molecule has 0 bridgehead atoms. The number of hydrogen-bond donors (Lipinski definition) is 1. The summed E-state index contributed by atoms with van der Waals surface area (Å²) in [5.74, 6) is 0.724. The predicted octanol–water partition coefficient (Wildman–Crippen LogP) is 2.85. The average Bonchev–Trinajstić information content (AvgIpc) is 2.19. The van der Waals surface area contributed by atoms with E-state index in [4.69, 9.17) is 0 Å². The monoisotopic (exact) mass is 194 g/mol. The second-order valence-electron chi connectivity index (χ2n) is 4.86. The fraction of sp³-hybridized carbons (Fsp3) is 0.917. The van der Waals surface area contributed by atoms with Gasteiger partial charge in [0.15, 0.2) is 0 Å². The summed E-state index contributed by atoms with van der Waals surface area (Å²) in [6.07, 6.45) is 6.98. The highest BCUT2D eigenvalue weighted by Crippen LogP contribution is 2.27. The maximum absolute atomic E-state index is 9.19. The van der Waals surface area contributed by atoms with Crippen molar-refractivity contribution in [2.24, 2.45) is 5.92 Å². The van der Waals surface area contributed by atoms with Crippen LogP contribution < -0.4 is 5.32 Å². The summed E-state index contributed by atoms with van der Waals surface area (Å²) in [7, 11) is 0. The molecule has 0 atom stereocenters. The third kappa shape index (κ3) is 3.31. The molecule has 0 aromatic carbocycles. The molecule has 0 spiro atoms. The van der Waals surface area contributed by atoms with Crippen LogP contribution >= 0.6 is 0 Å². The molecule has 1 rings (SSSR count). The Bertz CT molecular complexity index is 197. The average molecular weight is 194 g/mol. The molecule has 0 heterocycles. The molecule has 80 valence electrons. The third-order valence-corrected chi connectivity index (χ3v) is 3.11. The van der Waals surface area contributed by atoms with Gasteiger partial charge in [0, 0.05) is 0 Å². The second kappa shape index (κ2) is 5.36. The maximum atomic E-state index is 9.19. The van der Waals surface area contributed by atoms with Crippen molar-refractivity contribution in [1.82, 2.24) is 5.32 Å². The zero-order valence-corrected chi connectivity index (χ0v) is 9.47. The summed E-state index contributed by atoms with van der Waals surface area (Å²) in [6.45, 7) is 5.44. The van der Waals surface area contributed by atoms with Crippen molar-refractivity contribution >= 4 is 0 Å². The number of nitrogens with zero attached hydrogens (tertiary/aromatic N) is 1. The highest BCUT2D eigenvalue weighted by Gasteiger charge is 2.30. The molecule has 0 saturated heterocycles. The minimum atomic E-state index is -0.187. The van der Waals surface area contributed by atoms with Gasteiger partial charge >= 0.3 is 0 Å². The normalized spacial score (nSPS) is 20.7. The Morgan fingerprint density at radius 3 is 2.43 bits per heavy atom. The van der Waals surface area contributed by atoms with Gasteiger partial charge in [0.05, 0.1) is 6.07 Å². The molecule has 0 aromatic heterocycles. The minimum Gasteiger partial charge on any atom is -0.299 e. The Hall–Kier alpha value is -0.550. The van der Waals surface area contributed by atoms with E-state index in [1.807, 2.05) is 0 Å². The van der Waals surface area contributed by atoms with Gasteiger partial charge in [0.25, 0.3) is 0 Å². The van der Waals surface area contributed by atoms with E-state index in [-0.39, 0.29) is 5.54 Å². The molecule has 14 heavy (non-hydrogen) atoms. The van der Waals surface area contributed by atoms with Crippen molar-refractivity contribution in [3.8, 4) is 6.07 Å². The quantitative estimate of drug-likeness (QED) is 0.747. The van der Waals surface area contributed by atoms with Crippen LogP contribution in [0.1, 0.15) is 52.4 Å². The molecule has 0 aromatic rings. The number of rotatable bonds is 4. The van der Waals surface area contributed by atoms with E-state index < -0.39 is 0 Å². The lowest BCUT2D eigenvalue weighted by molar-refractivity contribution is 0.292. The van der Waals surface area contributed by atoms with Crippen LogP contribution in [0.2, 0.25) is 0 Å². The number of nitriles is 1. The maximum Gasteiger partial charge on any atom is 0.106 e. The molecule has 1 fully saturated rings. The van der Waals surface area contributed by atoms with Gasteiger partial charge in [-0.05, 0) is 31.7 Å². The van der Waals surface area contributed by atoms with Crippen LogP contribution in [0.25, 0.3) is 0 Å². The van der Waals surface area contributed by atoms with Gasteiger partial charge in [-0.25, -0.2) is 0 Å². The van der Waals surface area contributed by atoms with Gasteiger partial charge in [-0.1, -0.05) is 33.1 Å². The van der Waals surface area contributed by atoms with Crippen LogP contribution in [0.3, 0.4) is 0 Å². The van der Waals surface area contributed by atoms with Crippen molar-refractivity contribution in [3.05, 3.63) is 0 Å². The lowest BCUT2D eigenvalue weighted by Gasteiger charge is -2.32. The Kier molecular flexibility index (Phi) is 4.41. The van der Waals surface area contributed by atoms with Crippen LogP contribution in [0.15, 0.2) is 0 Å². The standard InChI is InChI=1S/C12H22N2/c1-11(2)6-9-14-12(10-13)7-4-3-5-8-12/h11,14H,3-9H2,1-2H3. The van der Waals surface area contributed by atoms with E-state index in [2.05, 4.69) is 25.2 Å². The van der Waals surface area contributed by atoms with E-state index in [1.54, 1.807) is 0 Å². The Balaban J connectivity index is 2.34. The molecule has 1 aliphatic rings. The Morgan fingerprint density at radius 1 is 1.29 bits per heavy atom. The van der Waals surface area contributed by atoms with E-state index in [0.717, 1.165) is 25.3 Å². The fourth-order valence-electron chi connectivity index (χ4n) is 2.08. The largest absolute Gasteiger partial charge is 0.299 e. The van der Waals surface area contributed by atoms with Crippen molar-refractivity contribution in [2.45, 2.75) is 57.9 Å². The lowest BCUT2D eigenvalue weighted by Crippen LogP contribution is -2.46. The van der Waals surface area contributed by atoms with Crippen LogP contribution in [-0.4, -0.2) is 12.1 Å². The smallest absolute Gasteiger partial charge is 0.106 e. The Morgan fingerprint density at radius 2 is 1.93 bits per heavy atom. The van der Waals surface area contributed by atoms with E-state index in [0.29, 0.717) is 0 Å². The van der Waals surface area contributed by atoms with Crippen molar-refractivity contribution < 1.29 is 0 Å². The zero-order chi connectivity index (χ0) is 10.4. The minimum absolute atomic E-state index is 0.187. The van der Waals surface area contributed by atoms with Gasteiger partial charge in [0.2, 0.25) is 0 Å². The predicted molar refractivity (Wildman–Crippen MR) is 58.9 cm³/mol. The summed E-state index contributed by atoms with van der Waals surface area (Å²) in [5.41, 5.74) is -0.187. The molecular weight excluding hydrogens is 172 g/mol. The Labute approximate surface area is 87.7 Å². The van der Waals surface area contributed by atoms with Crippen molar-refractivity contribution in [1.29, 1.82) is 5.26 Å². The number of hydrogen-bond acceptors (Lipinski definition) is 2. The molecule has 0 radical (unpaired) electrons. The molecule has 0 unspecified atom stereocenters. The highest BCUT2D eigenvalue weighted by atomic mass is 15.0. The van der Waals surface area contributed by atoms with Crippen LogP contribution in [0, 0.1) is 17.2 Å². The number of nitrogens with one attached hydrogen (secondary N) is 1. The van der Waals surface area contributed by atoms with Crippen LogP contribution in [0.5, 0.6) is 0 Å². The molecule has 2 heteroatoms. The highest BCUT2D eigenvalue weighted by molar-refractivity contribution is 5.08. The van der Waals surface area contributed by atoms with Crippen molar-refractivity contribution in [2.75, 3.05) is 6.54 Å². The molecular formula is C12H22N2. The van der Waals surface area contributed by atoms with Crippen LogP contribution in [0.4, 0.5) is 0 Å². The topological polar surface area (TPSA) is 35.8 Å². The van der Waals surface area contributed by atoms with Gasteiger partial charge in [0.1, 0.15) is 5.54 Å². The summed E-state index contributed by atoms with van der Waals surface area (Å²) in [4.78, 5) is 0. The SMILES string of the molecule is CC(C)CCNC1(C#N)CCCCC1. The van der Waals surface area contributed by atoms with Gasteiger partial charge in [-0.2, -0.15) is 5.26 Å². The first-order chi connectivity index (χ1) is 6.68. The van der Waals surface area contributed by atoms with E-state index in [1.165, 1.54) is 25.7 Å². The van der Waals surface area contributed by atoms with Gasteiger partial charge in [-0.15, -0.1) is 0 Å². The molecule has 0 aliphatic heterocycles. The summed E-state index contributed by atoms with van der Waals surface area (Å²) < 4.78 is 0.